The van der Waals surface area contributed by atoms with Gasteiger partial charge in [0.25, 0.3) is 0 Å². The number of hydrogen-bond donors (Lipinski definition) is 1. The van der Waals surface area contributed by atoms with E-state index in [4.69, 9.17) is 9.63 Å². The van der Waals surface area contributed by atoms with E-state index >= 15 is 0 Å². The van der Waals surface area contributed by atoms with Gasteiger partial charge in [-0.25, -0.2) is 0 Å². The normalized spacial score (nSPS) is 10.7. The van der Waals surface area contributed by atoms with Crippen LogP contribution in [0.1, 0.15) is 17.0 Å². The average Bonchev–Trinajstić information content (AvgIpc) is 2.76. The standard InChI is InChI=1S/C10H12N2O2/c1-8-4-10(11-14-8)6-12-3-2-9(5-12)7-13/h2-5,13H,6-7H2,1H3. The highest BCUT2D eigenvalue weighted by Crippen LogP contribution is 2.06. The molecule has 2 aromatic rings. The molecule has 0 atom stereocenters. The Morgan fingerprint density at radius 3 is 3.00 bits per heavy atom. The number of aromatic nitrogens is 2. The molecular weight excluding hydrogens is 180 g/mol. The van der Waals surface area contributed by atoms with Gasteiger partial charge in [0, 0.05) is 18.5 Å². The molecule has 0 saturated heterocycles. The lowest BCUT2D eigenvalue weighted by atomic mass is 10.4. The molecule has 0 amide bonds. The van der Waals surface area contributed by atoms with Crippen molar-refractivity contribution in [3.63, 3.8) is 0 Å². The smallest absolute Gasteiger partial charge is 0.133 e. The van der Waals surface area contributed by atoms with Crippen molar-refractivity contribution >= 4 is 0 Å². The van der Waals surface area contributed by atoms with Crippen molar-refractivity contribution in [3.8, 4) is 0 Å². The van der Waals surface area contributed by atoms with Crippen LogP contribution in [-0.2, 0) is 13.2 Å². The summed E-state index contributed by atoms with van der Waals surface area (Å²) < 4.78 is 6.92. The van der Waals surface area contributed by atoms with Gasteiger partial charge < -0.3 is 14.2 Å². The first-order valence-electron chi connectivity index (χ1n) is 4.45. The minimum atomic E-state index is 0.0742. The van der Waals surface area contributed by atoms with Crippen LogP contribution in [0.3, 0.4) is 0 Å². The van der Waals surface area contributed by atoms with Crippen molar-refractivity contribution in [1.29, 1.82) is 0 Å². The van der Waals surface area contributed by atoms with Crippen LogP contribution in [0, 0.1) is 6.92 Å². The molecule has 14 heavy (non-hydrogen) atoms. The van der Waals surface area contributed by atoms with Crippen LogP contribution in [0.4, 0.5) is 0 Å². The summed E-state index contributed by atoms with van der Waals surface area (Å²) >= 11 is 0. The molecule has 0 aromatic carbocycles. The van der Waals surface area contributed by atoms with Gasteiger partial charge in [-0.1, -0.05) is 5.16 Å². The SMILES string of the molecule is Cc1cc(Cn2ccc(CO)c2)no1. The highest BCUT2D eigenvalue weighted by atomic mass is 16.5. The molecule has 0 saturated carbocycles. The van der Waals surface area contributed by atoms with E-state index in [1.54, 1.807) is 0 Å². The Kier molecular flexibility index (Phi) is 2.37. The van der Waals surface area contributed by atoms with Crippen LogP contribution in [0.15, 0.2) is 29.0 Å². The summed E-state index contributed by atoms with van der Waals surface area (Å²) in [7, 11) is 0. The molecule has 2 heterocycles. The number of hydrogen-bond acceptors (Lipinski definition) is 3. The molecule has 0 aliphatic rings. The Morgan fingerprint density at radius 2 is 2.43 bits per heavy atom. The molecule has 0 bridgehead atoms. The van der Waals surface area contributed by atoms with Crippen molar-refractivity contribution in [3.05, 3.63) is 41.5 Å². The molecule has 2 rings (SSSR count). The molecule has 4 nitrogen and oxygen atoms in total. The van der Waals surface area contributed by atoms with Crippen molar-refractivity contribution in [2.75, 3.05) is 0 Å². The van der Waals surface area contributed by atoms with Crippen LogP contribution >= 0.6 is 0 Å². The van der Waals surface area contributed by atoms with Crippen molar-refractivity contribution in [1.82, 2.24) is 9.72 Å². The van der Waals surface area contributed by atoms with Crippen LogP contribution < -0.4 is 0 Å². The second kappa shape index (κ2) is 3.67. The van der Waals surface area contributed by atoms with Crippen LogP contribution in [0.25, 0.3) is 0 Å². The molecule has 0 unspecified atom stereocenters. The maximum atomic E-state index is 8.87. The number of aliphatic hydroxyl groups excluding tert-OH is 1. The topological polar surface area (TPSA) is 51.2 Å². The Morgan fingerprint density at radius 1 is 1.57 bits per heavy atom. The fourth-order valence-corrected chi connectivity index (χ4v) is 1.36. The molecular formula is C10H12N2O2. The number of aryl methyl sites for hydroxylation is 1. The van der Waals surface area contributed by atoms with Crippen LogP contribution in [0.2, 0.25) is 0 Å². The van der Waals surface area contributed by atoms with E-state index in [0.717, 1.165) is 17.0 Å². The van der Waals surface area contributed by atoms with Crippen molar-refractivity contribution < 1.29 is 9.63 Å². The van der Waals surface area contributed by atoms with E-state index in [0.29, 0.717) is 6.54 Å². The van der Waals surface area contributed by atoms with Gasteiger partial charge in [-0.2, -0.15) is 0 Å². The molecule has 0 aliphatic heterocycles. The molecule has 4 heteroatoms. The van der Waals surface area contributed by atoms with Gasteiger partial charge in [-0.15, -0.1) is 0 Å². The first kappa shape index (κ1) is 9.02. The summed E-state index contributed by atoms with van der Waals surface area (Å²) in [6.07, 6.45) is 3.81. The third kappa shape index (κ3) is 1.85. The maximum absolute atomic E-state index is 8.87. The average molecular weight is 192 g/mol. The fourth-order valence-electron chi connectivity index (χ4n) is 1.36. The lowest BCUT2D eigenvalue weighted by molar-refractivity contribution is 0.281. The van der Waals surface area contributed by atoms with Gasteiger partial charge in [0.2, 0.25) is 0 Å². The summed E-state index contributed by atoms with van der Waals surface area (Å²) in [5.41, 5.74) is 1.80. The van der Waals surface area contributed by atoms with E-state index < -0.39 is 0 Å². The maximum Gasteiger partial charge on any atom is 0.133 e. The summed E-state index contributed by atoms with van der Waals surface area (Å²) in [5, 5.41) is 12.8. The zero-order valence-electron chi connectivity index (χ0n) is 7.97. The van der Waals surface area contributed by atoms with E-state index in [1.807, 2.05) is 36.0 Å². The van der Waals surface area contributed by atoms with Crippen LogP contribution in [0.5, 0.6) is 0 Å². The van der Waals surface area contributed by atoms with Gasteiger partial charge in [0.05, 0.1) is 13.2 Å². The molecule has 0 radical (unpaired) electrons. The Hall–Kier alpha value is -1.55. The third-order valence-electron chi connectivity index (χ3n) is 2.02. The van der Waals surface area contributed by atoms with Gasteiger partial charge in [-0.3, -0.25) is 0 Å². The molecule has 0 spiro atoms. The quantitative estimate of drug-likeness (QED) is 0.798. The summed E-state index contributed by atoms with van der Waals surface area (Å²) in [6, 6.07) is 3.78. The number of aliphatic hydroxyl groups is 1. The minimum Gasteiger partial charge on any atom is -0.392 e. The number of rotatable bonds is 3. The zero-order chi connectivity index (χ0) is 9.97. The fraction of sp³-hybridized carbons (Fsp3) is 0.300. The first-order chi connectivity index (χ1) is 6.78. The Bertz CT molecular complexity index is 417. The van der Waals surface area contributed by atoms with E-state index in [-0.39, 0.29) is 6.61 Å². The van der Waals surface area contributed by atoms with Gasteiger partial charge in [-0.05, 0) is 18.6 Å². The predicted molar refractivity (Wildman–Crippen MR) is 50.7 cm³/mol. The third-order valence-corrected chi connectivity index (χ3v) is 2.02. The molecule has 0 aliphatic carbocycles. The van der Waals surface area contributed by atoms with Gasteiger partial charge in [0.15, 0.2) is 0 Å². The number of nitrogens with zero attached hydrogens (tertiary/aromatic N) is 2. The van der Waals surface area contributed by atoms with Gasteiger partial charge >= 0.3 is 0 Å². The summed E-state index contributed by atoms with van der Waals surface area (Å²) in [5.74, 6) is 0.814. The monoisotopic (exact) mass is 192 g/mol. The highest BCUT2D eigenvalue weighted by molar-refractivity contribution is 5.11. The lowest BCUT2D eigenvalue weighted by Crippen LogP contribution is -1.96. The Balaban J connectivity index is 2.10. The van der Waals surface area contributed by atoms with Crippen molar-refractivity contribution in [2.45, 2.75) is 20.1 Å². The van der Waals surface area contributed by atoms with E-state index in [9.17, 15) is 0 Å². The second-order valence-electron chi connectivity index (χ2n) is 3.28. The van der Waals surface area contributed by atoms with E-state index in [2.05, 4.69) is 5.16 Å². The Labute approximate surface area is 81.8 Å². The van der Waals surface area contributed by atoms with Gasteiger partial charge in [0.1, 0.15) is 11.5 Å². The minimum absolute atomic E-state index is 0.0742. The zero-order valence-corrected chi connectivity index (χ0v) is 7.97. The van der Waals surface area contributed by atoms with E-state index in [1.165, 1.54) is 0 Å². The molecule has 2 aromatic heterocycles. The first-order valence-corrected chi connectivity index (χ1v) is 4.45. The highest BCUT2D eigenvalue weighted by Gasteiger charge is 2.01. The largest absolute Gasteiger partial charge is 0.392 e. The molecule has 1 N–H and O–H groups in total. The summed E-state index contributed by atoms with van der Waals surface area (Å²) in [6.45, 7) is 2.62. The second-order valence-corrected chi connectivity index (χ2v) is 3.28. The predicted octanol–water partition coefficient (Wildman–Crippen LogP) is 1.33. The summed E-state index contributed by atoms with van der Waals surface area (Å²) in [4.78, 5) is 0. The molecule has 74 valence electrons. The molecule has 0 fully saturated rings. The van der Waals surface area contributed by atoms with Crippen molar-refractivity contribution in [2.24, 2.45) is 0 Å². The van der Waals surface area contributed by atoms with Crippen LogP contribution in [-0.4, -0.2) is 14.8 Å². The lowest BCUT2D eigenvalue weighted by Gasteiger charge is -1.96.